The molecular weight excluding hydrogens is 400 g/mol. The van der Waals surface area contributed by atoms with E-state index in [4.69, 9.17) is 29.2 Å². The molecule has 0 rings (SSSR count). The number of carbonyl (C=O) groups excluding carboxylic acids is 2. The molecule has 0 heterocycles. The molecule has 0 aliphatic carbocycles. The molecule has 0 fully saturated rings. The van der Waals surface area contributed by atoms with Crippen molar-refractivity contribution >= 4 is 23.9 Å². The summed E-state index contributed by atoms with van der Waals surface area (Å²) in [6, 6.07) is 0. The fraction of sp³-hybridized carbons (Fsp3) is 0.600. The molecule has 0 atom stereocenters. The highest BCUT2D eigenvalue weighted by Crippen LogP contribution is 2.00. The average Bonchev–Trinajstić information content (AvgIpc) is 2.70. The molecule has 0 spiro atoms. The van der Waals surface area contributed by atoms with Crippen LogP contribution in [0.15, 0.2) is 25.7 Å². The first kappa shape index (κ1) is 29.2. The minimum atomic E-state index is -1.08. The van der Waals surface area contributed by atoms with Crippen molar-refractivity contribution in [1.82, 2.24) is 0 Å². The van der Waals surface area contributed by atoms with Gasteiger partial charge in [0.05, 0.1) is 64.6 Å². The number of unbranched alkanes of at least 4 members (excludes halogenated alkanes) is 2. The summed E-state index contributed by atoms with van der Waals surface area (Å²) in [6.07, 6.45) is 5.27. The Balaban J connectivity index is 0. The van der Waals surface area contributed by atoms with E-state index >= 15 is 0 Å². The summed E-state index contributed by atoms with van der Waals surface area (Å²) in [6.45, 7) is 8.64. The fourth-order valence-corrected chi connectivity index (χ4v) is 1.68. The molecule has 0 aromatic heterocycles. The van der Waals surface area contributed by atoms with Gasteiger partial charge in [0.1, 0.15) is 0 Å². The minimum Gasteiger partial charge on any atom is -0.502 e. The predicted octanol–water partition coefficient (Wildman–Crippen LogP) is 2.67. The zero-order valence-corrected chi connectivity index (χ0v) is 17.2. The van der Waals surface area contributed by atoms with Crippen LogP contribution in [0.25, 0.3) is 0 Å². The summed E-state index contributed by atoms with van der Waals surface area (Å²) in [5.74, 6) is -2.93. The molecule has 10 heteroatoms. The highest BCUT2D eigenvalue weighted by molar-refractivity contribution is 5.77. The van der Waals surface area contributed by atoms with Crippen LogP contribution in [0.4, 0.5) is 0 Å². The third-order valence-electron chi connectivity index (χ3n) is 3.16. The summed E-state index contributed by atoms with van der Waals surface area (Å²) < 4.78 is 19.9. The van der Waals surface area contributed by atoms with E-state index in [1.165, 1.54) is 12.5 Å². The largest absolute Gasteiger partial charge is 0.502 e. The van der Waals surface area contributed by atoms with Gasteiger partial charge in [0, 0.05) is 0 Å². The third-order valence-corrected chi connectivity index (χ3v) is 3.16. The van der Waals surface area contributed by atoms with Crippen LogP contribution in [-0.4, -0.2) is 60.5 Å². The quantitative estimate of drug-likeness (QED) is 0.188. The van der Waals surface area contributed by atoms with E-state index in [0.29, 0.717) is 26.4 Å². The predicted molar refractivity (Wildman–Crippen MR) is 106 cm³/mol. The zero-order valence-electron chi connectivity index (χ0n) is 17.2. The maximum absolute atomic E-state index is 11.4. The number of carbonyl (C=O) groups is 4. The number of carboxylic acids is 2. The molecule has 0 bridgehead atoms. The van der Waals surface area contributed by atoms with E-state index in [1.54, 1.807) is 0 Å². The Bertz CT molecular complexity index is 470. The van der Waals surface area contributed by atoms with Gasteiger partial charge in [0.2, 0.25) is 0 Å². The Hall–Kier alpha value is -3.04. The molecular formula is C20H32O10. The van der Waals surface area contributed by atoms with Gasteiger partial charge >= 0.3 is 23.9 Å². The molecule has 10 nitrogen and oxygen atoms in total. The lowest BCUT2D eigenvalue weighted by molar-refractivity contribution is -0.150. The Morgan fingerprint density at radius 3 is 1.23 bits per heavy atom. The molecule has 0 radical (unpaired) electrons. The Morgan fingerprint density at radius 2 is 0.933 bits per heavy atom. The Kier molecular flexibility index (Phi) is 21.6. The van der Waals surface area contributed by atoms with Gasteiger partial charge in [-0.05, 0) is 25.7 Å². The number of carboxylic acid groups (broad SMARTS) is 2. The number of esters is 2. The molecule has 0 aliphatic heterocycles. The van der Waals surface area contributed by atoms with Crippen LogP contribution in [0.5, 0.6) is 0 Å². The van der Waals surface area contributed by atoms with Crippen molar-refractivity contribution in [3.05, 3.63) is 25.7 Å². The molecule has 0 unspecified atom stereocenters. The number of aliphatic carboxylic acids is 2. The number of rotatable bonds is 18. The van der Waals surface area contributed by atoms with E-state index in [0.717, 1.165) is 25.7 Å². The molecule has 0 saturated carbocycles. The van der Waals surface area contributed by atoms with Crippen molar-refractivity contribution in [2.45, 2.75) is 51.4 Å². The fourth-order valence-electron chi connectivity index (χ4n) is 1.68. The lowest BCUT2D eigenvalue weighted by Crippen LogP contribution is -2.11. The van der Waals surface area contributed by atoms with Crippen molar-refractivity contribution in [3.63, 3.8) is 0 Å². The van der Waals surface area contributed by atoms with Crippen molar-refractivity contribution in [3.8, 4) is 0 Å². The van der Waals surface area contributed by atoms with Crippen LogP contribution in [-0.2, 0) is 38.1 Å². The van der Waals surface area contributed by atoms with Gasteiger partial charge in [-0.2, -0.15) is 0 Å². The van der Waals surface area contributed by atoms with E-state index < -0.39 is 11.9 Å². The smallest absolute Gasteiger partial charge is 0.306 e. The second kappa shape index (κ2) is 22.3. The molecule has 30 heavy (non-hydrogen) atoms. The second-order valence-electron chi connectivity index (χ2n) is 5.72. The summed E-state index contributed by atoms with van der Waals surface area (Å²) >= 11 is 0. The van der Waals surface area contributed by atoms with E-state index in [1.807, 2.05) is 0 Å². The van der Waals surface area contributed by atoms with E-state index in [-0.39, 0.29) is 37.6 Å². The first-order valence-electron chi connectivity index (χ1n) is 9.53. The summed E-state index contributed by atoms with van der Waals surface area (Å²) in [5.41, 5.74) is 0. The first-order valence-corrected chi connectivity index (χ1v) is 9.53. The van der Waals surface area contributed by atoms with E-state index in [2.05, 4.69) is 13.2 Å². The standard InChI is InChI=1S/C16H26O6.C4H6O4/c1-3-19-11-5-7-13-21-15(17)9-10-16(18)22-14-8-6-12-20-4-2;5-3(6)1-2-4(7)8/h3-4H,1-2,5-14H2;1-2H2,(H,5,6)(H,7,8). The Morgan fingerprint density at radius 1 is 0.600 bits per heavy atom. The zero-order chi connectivity index (χ0) is 23.0. The molecule has 0 amide bonds. The maximum atomic E-state index is 11.4. The number of ether oxygens (including phenoxy) is 4. The maximum Gasteiger partial charge on any atom is 0.306 e. The van der Waals surface area contributed by atoms with Crippen molar-refractivity contribution < 1.29 is 48.3 Å². The summed E-state index contributed by atoms with van der Waals surface area (Å²) in [5, 5.41) is 15.8. The molecule has 2 N–H and O–H groups in total. The minimum absolute atomic E-state index is 0.0432. The van der Waals surface area contributed by atoms with Crippen LogP contribution in [0.3, 0.4) is 0 Å². The van der Waals surface area contributed by atoms with E-state index in [9.17, 15) is 19.2 Å². The number of hydrogen-bond acceptors (Lipinski definition) is 8. The van der Waals surface area contributed by atoms with Gasteiger partial charge < -0.3 is 29.2 Å². The van der Waals surface area contributed by atoms with Gasteiger partial charge in [0.25, 0.3) is 0 Å². The number of hydrogen-bond donors (Lipinski definition) is 2. The lowest BCUT2D eigenvalue weighted by atomic mass is 10.3. The average molecular weight is 432 g/mol. The van der Waals surface area contributed by atoms with Crippen LogP contribution in [0.2, 0.25) is 0 Å². The molecule has 0 aromatic rings. The highest BCUT2D eigenvalue weighted by atomic mass is 16.5. The molecule has 172 valence electrons. The molecule has 0 aliphatic rings. The normalized spacial score (nSPS) is 9.33. The van der Waals surface area contributed by atoms with Crippen LogP contribution >= 0.6 is 0 Å². The van der Waals surface area contributed by atoms with Crippen LogP contribution in [0.1, 0.15) is 51.4 Å². The van der Waals surface area contributed by atoms with Crippen molar-refractivity contribution in [2.24, 2.45) is 0 Å². The van der Waals surface area contributed by atoms with Crippen LogP contribution in [0, 0.1) is 0 Å². The third kappa shape index (κ3) is 27.2. The molecule has 0 saturated heterocycles. The topological polar surface area (TPSA) is 146 Å². The van der Waals surface area contributed by atoms with Crippen LogP contribution < -0.4 is 0 Å². The lowest BCUT2D eigenvalue weighted by Gasteiger charge is -2.06. The van der Waals surface area contributed by atoms with Gasteiger partial charge in [0.15, 0.2) is 0 Å². The Labute approximate surface area is 176 Å². The van der Waals surface area contributed by atoms with Gasteiger partial charge in [-0.15, -0.1) is 0 Å². The second-order valence-corrected chi connectivity index (χ2v) is 5.72. The SMILES string of the molecule is C=COCCCCOC(=O)CCC(=O)OCCCCOC=C.O=C(O)CCC(=O)O. The summed E-state index contributed by atoms with van der Waals surface area (Å²) in [4.78, 5) is 42.0. The summed E-state index contributed by atoms with van der Waals surface area (Å²) in [7, 11) is 0. The van der Waals surface area contributed by atoms with Gasteiger partial charge in [-0.3, -0.25) is 19.2 Å². The van der Waals surface area contributed by atoms with Crippen molar-refractivity contribution in [2.75, 3.05) is 26.4 Å². The van der Waals surface area contributed by atoms with Crippen molar-refractivity contribution in [1.29, 1.82) is 0 Å². The van der Waals surface area contributed by atoms with Gasteiger partial charge in [-0.25, -0.2) is 0 Å². The molecule has 0 aromatic carbocycles. The van der Waals surface area contributed by atoms with Gasteiger partial charge in [-0.1, -0.05) is 13.2 Å². The monoisotopic (exact) mass is 432 g/mol. The first-order chi connectivity index (χ1) is 14.3. The highest BCUT2D eigenvalue weighted by Gasteiger charge is 2.09.